The normalized spacial score (nSPS) is 14.2. The molecule has 1 fully saturated rings. The predicted octanol–water partition coefficient (Wildman–Crippen LogP) is 5.64. The van der Waals surface area contributed by atoms with Gasteiger partial charge in [-0.15, -0.1) is 0 Å². The highest BCUT2D eigenvalue weighted by molar-refractivity contribution is 5.94. The van der Waals surface area contributed by atoms with E-state index in [1.54, 1.807) is 11.8 Å². The summed E-state index contributed by atoms with van der Waals surface area (Å²) in [6.45, 7) is 1.54. The maximum atomic E-state index is 13.6. The van der Waals surface area contributed by atoms with Crippen LogP contribution in [0.4, 0.5) is 0 Å². The zero-order valence-electron chi connectivity index (χ0n) is 19.4. The minimum Gasteiger partial charge on any atom is -0.497 e. The van der Waals surface area contributed by atoms with E-state index in [4.69, 9.17) is 9.84 Å². The third-order valence-corrected chi connectivity index (χ3v) is 6.58. The Morgan fingerprint density at radius 1 is 0.912 bits per heavy atom. The first kappa shape index (κ1) is 22.0. The van der Waals surface area contributed by atoms with Gasteiger partial charge >= 0.3 is 0 Å². The lowest BCUT2D eigenvalue weighted by Gasteiger charge is -2.32. The van der Waals surface area contributed by atoms with Crippen molar-refractivity contribution in [1.29, 1.82) is 0 Å². The van der Waals surface area contributed by atoms with Gasteiger partial charge in [0.25, 0.3) is 5.91 Å². The van der Waals surface area contributed by atoms with Crippen LogP contribution in [0.3, 0.4) is 0 Å². The average molecular weight is 452 g/mol. The van der Waals surface area contributed by atoms with Crippen LogP contribution >= 0.6 is 0 Å². The van der Waals surface area contributed by atoms with E-state index >= 15 is 0 Å². The molecule has 4 aromatic rings. The molecule has 1 aliphatic heterocycles. The van der Waals surface area contributed by atoms with Crippen LogP contribution in [0.5, 0.6) is 5.75 Å². The standard InChI is InChI=1S/C29H29N3O2/c1-34-26-14-12-24(13-15-26)27-21-28(32(30-27)25-10-6-3-7-11-25)29(33)31-18-16-23(17-19-31)20-22-8-4-2-5-9-22/h2-15,21,23H,16-20H2,1H3. The molecule has 0 saturated carbocycles. The fourth-order valence-corrected chi connectivity index (χ4v) is 4.65. The summed E-state index contributed by atoms with van der Waals surface area (Å²) in [6, 6.07) is 30.2. The molecular weight excluding hydrogens is 422 g/mol. The average Bonchev–Trinajstić information content (AvgIpc) is 3.35. The molecule has 3 aromatic carbocycles. The van der Waals surface area contributed by atoms with E-state index in [0.29, 0.717) is 11.6 Å². The van der Waals surface area contributed by atoms with Crippen molar-refractivity contribution in [3.8, 4) is 22.7 Å². The van der Waals surface area contributed by atoms with Crippen LogP contribution in [0.15, 0.2) is 91.0 Å². The van der Waals surface area contributed by atoms with Crippen LogP contribution in [0.1, 0.15) is 28.9 Å². The summed E-state index contributed by atoms with van der Waals surface area (Å²) in [6.07, 6.45) is 3.11. The van der Waals surface area contributed by atoms with Gasteiger partial charge in [-0.2, -0.15) is 5.10 Å². The van der Waals surface area contributed by atoms with E-state index in [1.807, 2.05) is 65.6 Å². The Balaban J connectivity index is 1.37. The third-order valence-electron chi connectivity index (χ3n) is 6.58. The van der Waals surface area contributed by atoms with E-state index in [9.17, 15) is 4.79 Å². The summed E-state index contributed by atoms with van der Waals surface area (Å²) in [7, 11) is 1.65. The Kier molecular flexibility index (Phi) is 6.43. The van der Waals surface area contributed by atoms with Gasteiger partial charge < -0.3 is 9.64 Å². The lowest BCUT2D eigenvalue weighted by atomic mass is 9.90. The van der Waals surface area contributed by atoms with Crippen molar-refractivity contribution >= 4 is 5.91 Å². The molecule has 5 rings (SSSR count). The van der Waals surface area contributed by atoms with Crippen LogP contribution in [0.25, 0.3) is 16.9 Å². The van der Waals surface area contributed by atoms with Crippen molar-refractivity contribution in [1.82, 2.24) is 14.7 Å². The zero-order chi connectivity index (χ0) is 23.3. The number of carbonyl (C=O) groups is 1. The summed E-state index contributed by atoms with van der Waals surface area (Å²) >= 11 is 0. The van der Waals surface area contributed by atoms with Crippen LogP contribution in [0.2, 0.25) is 0 Å². The molecule has 0 unspecified atom stereocenters. The van der Waals surface area contributed by atoms with Gasteiger partial charge in [0.15, 0.2) is 0 Å². The third kappa shape index (κ3) is 4.74. The second kappa shape index (κ2) is 9.96. The molecule has 0 aliphatic carbocycles. The molecule has 0 radical (unpaired) electrons. The van der Waals surface area contributed by atoms with Crippen molar-refractivity contribution in [3.05, 3.63) is 102 Å². The topological polar surface area (TPSA) is 47.4 Å². The minimum atomic E-state index is 0.0364. The molecule has 0 spiro atoms. The smallest absolute Gasteiger partial charge is 0.272 e. The highest BCUT2D eigenvalue weighted by atomic mass is 16.5. The number of hydrogen-bond donors (Lipinski definition) is 0. The second-order valence-electron chi connectivity index (χ2n) is 8.82. The summed E-state index contributed by atoms with van der Waals surface area (Å²) in [4.78, 5) is 15.6. The fraction of sp³-hybridized carbons (Fsp3) is 0.241. The van der Waals surface area contributed by atoms with Gasteiger partial charge in [0.1, 0.15) is 11.4 Å². The monoisotopic (exact) mass is 451 g/mol. The Bertz CT molecular complexity index is 1230. The Morgan fingerprint density at radius 2 is 1.56 bits per heavy atom. The number of benzene rings is 3. The van der Waals surface area contributed by atoms with E-state index in [0.717, 1.165) is 55.0 Å². The molecule has 172 valence electrons. The molecule has 0 N–H and O–H groups in total. The molecule has 0 atom stereocenters. The quantitative estimate of drug-likeness (QED) is 0.381. The molecule has 1 aliphatic rings. The van der Waals surface area contributed by atoms with Crippen molar-refractivity contribution in [2.75, 3.05) is 20.2 Å². The number of likely N-dealkylation sites (tertiary alicyclic amines) is 1. The maximum absolute atomic E-state index is 13.6. The Labute approximate surface area is 200 Å². The Hall–Kier alpha value is -3.86. The summed E-state index contributed by atoms with van der Waals surface area (Å²) < 4.78 is 7.06. The van der Waals surface area contributed by atoms with Crippen molar-refractivity contribution < 1.29 is 9.53 Å². The maximum Gasteiger partial charge on any atom is 0.272 e. The van der Waals surface area contributed by atoms with Gasteiger partial charge in [-0.3, -0.25) is 4.79 Å². The molecule has 2 heterocycles. The number of nitrogens with zero attached hydrogens (tertiary/aromatic N) is 3. The van der Waals surface area contributed by atoms with Gasteiger partial charge in [0.05, 0.1) is 18.5 Å². The first-order valence-electron chi connectivity index (χ1n) is 11.8. The van der Waals surface area contributed by atoms with Gasteiger partial charge in [0.2, 0.25) is 0 Å². The number of ether oxygens (including phenoxy) is 1. The molecule has 5 nitrogen and oxygen atoms in total. The summed E-state index contributed by atoms with van der Waals surface area (Å²) in [5.41, 5.74) is 4.57. The minimum absolute atomic E-state index is 0.0364. The van der Waals surface area contributed by atoms with Gasteiger partial charge in [-0.25, -0.2) is 4.68 Å². The zero-order valence-corrected chi connectivity index (χ0v) is 19.4. The van der Waals surface area contributed by atoms with Crippen molar-refractivity contribution in [2.24, 2.45) is 5.92 Å². The van der Waals surface area contributed by atoms with Crippen LogP contribution in [0, 0.1) is 5.92 Å². The highest BCUT2D eigenvalue weighted by Gasteiger charge is 2.27. The largest absolute Gasteiger partial charge is 0.497 e. The number of hydrogen-bond acceptors (Lipinski definition) is 3. The first-order valence-corrected chi connectivity index (χ1v) is 11.8. The first-order chi connectivity index (χ1) is 16.7. The number of aromatic nitrogens is 2. The van der Waals surface area contributed by atoms with Crippen molar-refractivity contribution in [3.63, 3.8) is 0 Å². The number of para-hydroxylation sites is 1. The summed E-state index contributed by atoms with van der Waals surface area (Å²) in [5.74, 6) is 1.44. The van der Waals surface area contributed by atoms with Gasteiger partial charge in [-0.05, 0) is 73.2 Å². The molecule has 1 saturated heterocycles. The highest BCUT2D eigenvalue weighted by Crippen LogP contribution is 2.27. The molecule has 1 amide bonds. The molecular formula is C29H29N3O2. The molecule has 34 heavy (non-hydrogen) atoms. The number of piperidine rings is 1. The SMILES string of the molecule is COc1ccc(-c2cc(C(=O)N3CCC(Cc4ccccc4)CC3)n(-c3ccccc3)n2)cc1. The van der Waals surface area contributed by atoms with Crippen LogP contribution in [-0.2, 0) is 6.42 Å². The van der Waals surface area contributed by atoms with Crippen LogP contribution < -0.4 is 4.74 Å². The van der Waals surface area contributed by atoms with E-state index < -0.39 is 0 Å². The predicted molar refractivity (Wildman–Crippen MR) is 134 cm³/mol. The Morgan fingerprint density at radius 3 is 2.21 bits per heavy atom. The van der Waals surface area contributed by atoms with Gasteiger partial charge in [-0.1, -0.05) is 48.5 Å². The van der Waals surface area contributed by atoms with E-state index in [-0.39, 0.29) is 5.91 Å². The van der Waals surface area contributed by atoms with Crippen LogP contribution in [-0.4, -0.2) is 40.8 Å². The van der Waals surface area contributed by atoms with Crippen molar-refractivity contribution in [2.45, 2.75) is 19.3 Å². The second-order valence-corrected chi connectivity index (χ2v) is 8.82. The fourth-order valence-electron chi connectivity index (χ4n) is 4.65. The van der Waals surface area contributed by atoms with E-state index in [1.165, 1.54) is 5.56 Å². The van der Waals surface area contributed by atoms with E-state index in [2.05, 4.69) is 30.3 Å². The molecule has 5 heteroatoms. The number of amides is 1. The number of methoxy groups -OCH3 is 1. The summed E-state index contributed by atoms with van der Waals surface area (Å²) in [5, 5.41) is 4.82. The molecule has 0 bridgehead atoms. The lowest BCUT2D eigenvalue weighted by molar-refractivity contribution is 0.0681. The number of rotatable bonds is 6. The van der Waals surface area contributed by atoms with Gasteiger partial charge in [0, 0.05) is 18.7 Å². The molecule has 1 aromatic heterocycles. The lowest BCUT2D eigenvalue weighted by Crippen LogP contribution is -2.39. The number of carbonyl (C=O) groups excluding carboxylic acids is 1.